The number of rotatable bonds is 8. The highest BCUT2D eigenvalue weighted by atomic mass is 19.3. The van der Waals surface area contributed by atoms with E-state index >= 15 is 0 Å². The number of carbonyl (C=O) groups is 4. The summed E-state index contributed by atoms with van der Waals surface area (Å²) in [6, 6.07) is 13.5. The van der Waals surface area contributed by atoms with Gasteiger partial charge in [0.05, 0.1) is 19.8 Å². The molecule has 3 rings (SSSR count). The Balaban J connectivity index is 1.59. The third-order valence-corrected chi connectivity index (χ3v) is 5.20. The zero-order valence-electron chi connectivity index (χ0n) is 17.7. The van der Waals surface area contributed by atoms with Crippen LogP contribution in [0.1, 0.15) is 32.7 Å². The largest absolute Gasteiger partial charge is 0.467 e. The minimum Gasteiger partial charge on any atom is -0.467 e. The average Bonchev–Trinajstić information content (AvgIpc) is 3.25. The third-order valence-electron chi connectivity index (χ3n) is 5.20. The summed E-state index contributed by atoms with van der Waals surface area (Å²) in [4.78, 5) is 50.4. The number of esters is 1. The summed E-state index contributed by atoms with van der Waals surface area (Å²) >= 11 is 0. The molecule has 0 spiro atoms. The summed E-state index contributed by atoms with van der Waals surface area (Å²) in [5.74, 6) is -2.17. The number of alkyl halides is 2. The first-order valence-corrected chi connectivity index (χ1v) is 10.1. The first-order chi connectivity index (χ1) is 15.8. The zero-order valence-corrected chi connectivity index (χ0v) is 17.7. The molecule has 1 fully saturated rings. The van der Waals surface area contributed by atoms with E-state index in [0.717, 1.165) is 12.0 Å². The molecular weight excluding hydrogens is 438 g/mol. The summed E-state index contributed by atoms with van der Waals surface area (Å²) in [5.41, 5.74) is 1.13. The Morgan fingerprint density at radius 1 is 1.00 bits per heavy atom. The number of hydrogen-bond donors (Lipinski definition) is 1. The number of nitrogens with zero attached hydrogens (tertiary/aromatic N) is 1. The summed E-state index contributed by atoms with van der Waals surface area (Å²) in [7, 11) is 1.13. The van der Waals surface area contributed by atoms with Crippen molar-refractivity contribution < 1.29 is 37.4 Å². The molecule has 0 radical (unpaired) electrons. The van der Waals surface area contributed by atoms with Crippen LogP contribution in [0.5, 0.6) is 0 Å². The van der Waals surface area contributed by atoms with Crippen LogP contribution in [0.2, 0.25) is 0 Å². The smallest absolute Gasteiger partial charge is 0.345 e. The van der Waals surface area contributed by atoms with Crippen molar-refractivity contribution in [2.24, 2.45) is 0 Å². The van der Waals surface area contributed by atoms with Gasteiger partial charge in [0.1, 0.15) is 6.04 Å². The number of amides is 2. The number of halogens is 2. The lowest BCUT2D eigenvalue weighted by Crippen LogP contribution is -2.46. The van der Waals surface area contributed by atoms with Gasteiger partial charge in [-0.05, 0) is 12.1 Å². The van der Waals surface area contributed by atoms with Gasteiger partial charge in [-0.3, -0.25) is 14.4 Å². The van der Waals surface area contributed by atoms with Gasteiger partial charge >= 0.3 is 12.6 Å². The SMILES string of the molecule is COC(=O)[C@@H]1C[C@@H](OC(F)F)CN1C(=O)CNC(=O)c1ccc(C(=O)c2ccccc2)cc1. The van der Waals surface area contributed by atoms with Crippen molar-refractivity contribution in [3.05, 3.63) is 71.3 Å². The van der Waals surface area contributed by atoms with Crippen LogP contribution in [0.25, 0.3) is 0 Å². The van der Waals surface area contributed by atoms with Crippen molar-refractivity contribution in [1.82, 2.24) is 10.2 Å². The molecule has 174 valence electrons. The molecule has 1 aliphatic heterocycles. The van der Waals surface area contributed by atoms with E-state index in [2.05, 4.69) is 14.8 Å². The molecular formula is C23H22F2N2O6. The molecule has 0 aliphatic carbocycles. The molecule has 1 heterocycles. The second-order valence-corrected chi connectivity index (χ2v) is 7.29. The Morgan fingerprint density at radius 2 is 1.61 bits per heavy atom. The van der Waals surface area contributed by atoms with Gasteiger partial charge < -0.3 is 19.7 Å². The van der Waals surface area contributed by atoms with Crippen molar-refractivity contribution in [2.75, 3.05) is 20.2 Å². The number of benzene rings is 2. The van der Waals surface area contributed by atoms with Gasteiger partial charge in [-0.2, -0.15) is 8.78 Å². The predicted octanol–water partition coefficient (Wildman–Crippen LogP) is 2.03. The Morgan fingerprint density at radius 3 is 2.21 bits per heavy atom. The molecule has 2 aromatic carbocycles. The van der Waals surface area contributed by atoms with Crippen molar-refractivity contribution in [3.63, 3.8) is 0 Å². The van der Waals surface area contributed by atoms with Crippen LogP contribution in [-0.2, 0) is 19.1 Å². The minimum absolute atomic E-state index is 0.131. The van der Waals surface area contributed by atoms with Crippen molar-refractivity contribution in [1.29, 1.82) is 0 Å². The maximum Gasteiger partial charge on any atom is 0.345 e. The monoisotopic (exact) mass is 460 g/mol. The van der Waals surface area contributed by atoms with Crippen LogP contribution in [0.3, 0.4) is 0 Å². The Hall–Kier alpha value is -3.66. The van der Waals surface area contributed by atoms with Gasteiger partial charge in [0, 0.05) is 29.7 Å². The fourth-order valence-corrected chi connectivity index (χ4v) is 3.57. The van der Waals surface area contributed by atoms with Gasteiger partial charge in [0.25, 0.3) is 5.91 Å². The lowest BCUT2D eigenvalue weighted by atomic mass is 10.0. The highest BCUT2D eigenvalue weighted by molar-refractivity contribution is 6.09. The molecule has 2 amide bonds. The highest BCUT2D eigenvalue weighted by Gasteiger charge is 2.41. The van der Waals surface area contributed by atoms with Gasteiger partial charge in [0.15, 0.2) is 5.78 Å². The van der Waals surface area contributed by atoms with E-state index in [0.29, 0.717) is 11.1 Å². The molecule has 0 saturated carbocycles. The van der Waals surface area contributed by atoms with Gasteiger partial charge in [-0.15, -0.1) is 0 Å². The van der Waals surface area contributed by atoms with Crippen molar-refractivity contribution in [2.45, 2.75) is 25.2 Å². The molecule has 8 nitrogen and oxygen atoms in total. The number of methoxy groups -OCH3 is 1. The highest BCUT2D eigenvalue weighted by Crippen LogP contribution is 2.23. The number of ether oxygens (including phenoxy) is 2. The Kier molecular flexibility index (Phi) is 7.83. The minimum atomic E-state index is -3.04. The molecule has 2 aromatic rings. The summed E-state index contributed by atoms with van der Waals surface area (Å²) in [6.45, 7) is -3.73. The second-order valence-electron chi connectivity index (χ2n) is 7.29. The standard InChI is InChI=1S/C23H22F2N2O6/c1-32-22(31)18-11-17(33-23(24)25)13-27(18)19(28)12-26-21(30)16-9-7-15(8-10-16)20(29)14-5-3-2-4-6-14/h2-10,17-18,23H,11-13H2,1H3,(H,26,30)/t17-,18+/m1/s1. The molecule has 1 aliphatic rings. The van der Waals surface area contributed by atoms with Crippen LogP contribution in [0.15, 0.2) is 54.6 Å². The van der Waals surface area contributed by atoms with E-state index in [1.165, 1.54) is 24.3 Å². The lowest BCUT2D eigenvalue weighted by molar-refractivity contribution is -0.160. The molecule has 1 N–H and O–H groups in total. The van der Waals surface area contributed by atoms with Gasteiger partial charge in [0.2, 0.25) is 5.91 Å². The van der Waals surface area contributed by atoms with Crippen molar-refractivity contribution in [3.8, 4) is 0 Å². The van der Waals surface area contributed by atoms with Crippen LogP contribution in [0.4, 0.5) is 8.78 Å². The first kappa shape index (κ1) is 24.0. The van der Waals surface area contributed by atoms with Gasteiger partial charge in [-0.25, -0.2) is 4.79 Å². The maximum absolute atomic E-state index is 12.6. The molecule has 10 heteroatoms. The van der Waals surface area contributed by atoms with E-state index in [1.807, 2.05) is 0 Å². The van der Waals surface area contributed by atoms with Crippen LogP contribution in [0, 0.1) is 0 Å². The topological polar surface area (TPSA) is 102 Å². The summed E-state index contributed by atoms with van der Waals surface area (Å²) in [5, 5.41) is 2.43. The summed E-state index contributed by atoms with van der Waals surface area (Å²) in [6.07, 6.45) is -1.16. The molecule has 33 heavy (non-hydrogen) atoms. The molecule has 0 unspecified atom stereocenters. The number of carbonyl (C=O) groups excluding carboxylic acids is 4. The Bertz CT molecular complexity index is 1010. The van der Waals surface area contributed by atoms with E-state index in [9.17, 15) is 28.0 Å². The zero-order chi connectivity index (χ0) is 24.0. The molecule has 1 saturated heterocycles. The van der Waals surface area contributed by atoms with E-state index < -0.39 is 43.1 Å². The van der Waals surface area contributed by atoms with E-state index in [-0.39, 0.29) is 24.3 Å². The number of hydrogen-bond acceptors (Lipinski definition) is 6. The fourth-order valence-electron chi connectivity index (χ4n) is 3.57. The van der Waals surface area contributed by atoms with Crippen LogP contribution < -0.4 is 5.32 Å². The van der Waals surface area contributed by atoms with E-state index in [1.54, 1.807) is 30.3 Å². The average molecular weight is 460 g/mol. The maximum atomic E-state index is 12.6. The van der Waals surface area contributed by atoms with Crippen LogP contribution >= 0.6 is 0 Å². The van der Waals surface area contributed by atoms with Gasteiger partial charge in [-0.1, -0.05) is 42.5 Å². The van der Waals surface area contributed by atoms with Crippen molar-refractivity contribution >= 4 is 23.6 Å². The first-order valence-electron chi connectivity index (χ1n) is 10.1. The number of nitrogens with one attached hydrogen (secondary N) is 1. The summed E-state index contributed by atoms with van der Waals surface area (Å²) < 4.78 is 34.1. The number of ketones is 1. The molecule has 0 aromatic heterocycles. The lowest BCUT2D eigenvalue weighted by Gasteiger charge is -2.22. The number of likely N-dealkylation sites (tertiary alicyclic amines) is 1. The Labute approximate surface area is 188 Å². The predicted molar refractivity (Wildman–Crippen MR) is 112 cm³/mol. The second kappa shape index (κ2) is 10.8. The molecule has 2 atom stereocenters. The normalized spacial score (nSPS) is 17.6. The fraction of sp³-hybridized carbons (Fsp3) is 0.304. The van der Waals surface area contributed by atoms with E-state index in [4.69, 9.17) is 0 Å². The van der Waals surface area contributed by atoms with Crippen LogP contribution in [-0.4, -0.2) is 67.4 Å². The quantitative estimate of drug-likeness (QED) is 0.478. The third kappa shape index (κ3) is 5.98. The molecule has 0 bridgehead atoms.